The van der Waals surface area contributed by atoms with Crippen molar-refractivity contribution in [1.29, 1.82) is 0 Å². The number of ether oxygens (including phenoxy) is 1. The number of carbonyl (C=O) groups is 1. The first-order valence-corrected chi connectivity index (χ1v) is 5.18. The fraction of sp³-hybridized carbons (Fsp3) is 0. The van der Waals surface area contributed by atoms with Crippen LogP contribution in [-0.2, 0) is 0 Å². The van der Waals surface area contributed by atoms with Crippen molar-refractivity contribution in [3.05, 3.63) is 70.3 Å². The number of nitro groups is 1. The number of carbonyl (C=O) groups excluding carboxylic acids is 1. The van der Waals surface area contributed by atoms with Gasteiger partial charge in [-0.15, -0.1) is 0 Å². The van der Waals surface area contributed by atoms with Gasteiger partial charge in [-0.05, 0) is 18.2 Å². The predicted molar refractivity (Wildman–Crippen MR) is 64.5 cm³/mol. The van der Waals surface area contributed by atoms with Gasteiger partial charge in [0.05, 0.1) is 16.6 Å². The van der Waals surface area contributed by atoms with Crippen LogP contribution in [0.2, 0.25) is 0 Å². The zero-order valence-electron chi connectivity index (χ0n) is 9.28. The van der Waals surface area contributed by atoms with Crippen LogP contribution in [0.4, 0.5) is 5.69 Å². The van der Waals surface area contributed by atoms with Gasteiger partial charge in [0, 0.05) is 6.07 Å². The van der Waals surface area contributed by atoms with Gasteiger partial charge in [0.25, 0.3) is 5.69 Å². The van der Waals surface area contributed by atoms with E-state index in [1.807, 2.05) is 0 Å². The summed E-state index contributed by atoms with van der Waals surface area (Å²) in [6.45, 7) is 0. The van der Waals surface area contributed by atoms with Crippen molar-refractivity contribution >= 4 is 11.7 Å². The number of non-ortho nitro benzene ring substituents is 1. The molecule has 0 heterocycles. The SMILES string of the molecule is O=C(Oc1cccc([N+](=O)[O-])c1)c1ccccc1. The topological polar surface area (TPSA) is 69.4 Å². The molecule has 0 aliphatic heterocycles. The van der Waals surface area contributed by atoms with Gasteiger partial charge < -0.3 is 4.74 Å². The monoisotopic (exact) mass is 243 g/mol. The Morgan fingerprint density at radius 1 is 1.06 bits per heavy atom. The van der Waals surface area contributed by atoms with Crippen LogP contribution in [0.15, 0.2) is 54.6 Å². The van der Waals surface area contributed by atoms with E-state index >= 15 is 0 Å². The number of nitro benzene ring substituents is 1. The van der Waals surface area contributed by atoms with Crippen molar-refractivity contribution in [2.24, 2.45) is 0 Å². The van der Waals surface area contributed by atoms with E-state index in [1.54, 1.807) is 30.3 Å². The summed E-state index contributed by atoms with van der Waals surface area (Å²) in [6, 6.07) is 13.9. The average Bonchev–Trinajstić information content (AvgIpc) is 2.40. The first-order chi connectivity index (χ1) is 8.66. The van der Waals surface area contributed by atoms with E-state index in [0.29, 0.717) is 5.56 Å². The van der Waals surface area contributed by atoms with E-state index in [1.165, 1.54) is 24.3 Å². The molecule has 0 aliphatic carbocycles. The summed E-state index contributed by atoms with van der Waals surface area (Å²) in [6.07, 6.45) is 0. The molecule has 5 nitrogen and oxygen atoms in total. The molecule has 0 bridgehead atoms. The number of hydrogen-bond acceptors (Lipinski definition) is 4. The molecule has 5 heteroatoms. The molecule has 0 amide bonds. The molecule has 0 radical (unpaired) electrons. The number of esters is 1. The maximum absolute atomic E-state index is 11.7. The Kier molecular flexibility index (Phi) is 3.33. The quantitative estimate of drug-likeness (QED) is 0.359. The van der Waals surface area contributed by atoms with E-state index in [0.717, 1.165) is 0 Å². The zero-order chi connectivity index (χ0) is 13.0. The zero-order valence-corrected chi connectivity index (χ0v) is 9.28. The first kappa shape index (κ1) is 11.8. The summed E-state index contributed by atoms with van der Waals surface area (Å²) in [5.74, 6) is -0.394. The minimum absolute atomic E-state index is 0.117. The molecule has 2 aromatic rings. The van der Waals surface area contributed by atoms with Crippen LogP contribution in [-0.4, -0.2) is 10.9 Å². The van der Waals surface area contributed by atoms with E-state index in [2.05, 4.69) is 0 Å². The average molecular weight is 243 g/mol. The molecule has 2 aromatic carbocycles. The van der Waals surface area contributed by atoms with Gasteiger partial charge in [-0.2, -0.15) is 0 Å². The van der Waals surface area contributed by atoms with Crippen LogP contribution in [0, 0.1) is 10.1 Å². The molecule has 0 N–H and O–H groups in total. The van der Waals surface area contributed by atoms with E-state index in [9.17, 15) is 14.9 Å². The molecule has 0 saturated carbocycles. The van der Waals surface area contributed by atoms with Crippen LogP contribution in [0.25, 0.3) is 0 Å². The molecular weight excluding hydrogens is 234 g/mol. The molecule has 0 saturated heterocycles. The third kappa shape index (κ3) is 2.70. The third-order valence-electron chi connectivity index (χ3n) is 2.25. The highest BCUT2D eigenvalue weighted by Crippen LogP contribution is 2.20. The fourth-order valence-corrected chi connectivity index (χ4v) is 1.40. The molecule has 0 unspecified atom stereocenters. The molecule has 0 aromatic heterocycles. The van der Waals surface area contributed by atoms with Gasteiger partial charge in [0.15, 0.2) is 0 Å². The Bertz CT molecular complexity index is 581. The summed E-state index contributed by atoms with van der Waals surface area (Å²) in [7, 11) is 0. The lowest BCUT2D eigenvalue weighted by molar-refractivity contribution is -0.384. The van der Waals surface area contributed by atoms with Crippen LogP contribution in [0.1, 0.15) is 10.4 Å². The van der Waals surface area contributed by atoms with Gasteiger partial charge >= 0.3 is 5.97 Å². The predicted octanol–water partition coefficient (Wildman–Crippen LogP) is 2.81. The first-order valence-electron chi connectivity index (χ1n) is 5.18. The van der Waals surface area contributed by atoms with Crippen molar-refractivity contribution in [1.82, 2.24) is 0 Å². The lowest BCUT2D eigenvalue weighted by atomic mass is 10.2. The van der Waals surface area contributed by atoms with Crippen molar-refractivity contribution in [3.63, 3.8) is 0 Å². The second-order valence-corrected chi connectivity index (χ2v) is 3.51. The largest absolute Gasteiger partial charge is 0.423 e. The Balaban J connectivity index is 2.17. The van der Waals surface area contributed by atoms with Gasteiger partial charge in [0.1, 0.15) is 5.75 Å². The second kappa shape index (κ2) is 5.09. The molecule has 0 atom stereocenters. The normalized spacial score (nSPS) is 9.78. The molecule has 18 heavy (non-hydrogen) atoms. The summed E-state index contributed by atoms with van der Waals surface area (Å²) in [5.41, 5.74) is 0.275. The van der Waals surface area contributed by atoms with Gasteiger partial charge in [0.2, 0.25) is 0 Å². The molecule has 0 fully saturated rings. The lowest BCUT2D eigenvalue weighted by Crippen LogP contribution is -2.08. The number of hydrogen-bond donors (Lipinski definition) is 0. The minimum atomic E-state index is -0.545. The van der Waals surface area contributed by atoms with Crippen molar-refractivity contribution < 1.29 is 14.5 Å². The molecule has 0 spiro atoms. The van der Waals surface area contributed by atoms with Gasteiger partial charge in [-0.25, -0.2) is 4.79 Å². The Morgan fingerprint density at radius 3 is 2.44 bits per heavy atom. The molecule has 0 aliphatic rings. The fourth-order valence-electron chi connectivity index (χ4n) is 1.40. The highest BCUT2D eigenvalue weighted by molar-refractivity contribution is 5.91. The highest BCUT2D eigenvalue weighted by atomic mass is 16.6. The third-order valence-corrected chi connectivity index (χ3v) is 2.25. The Labute approximate surface area is 103 Å². The standard InChI is InChI=1S/C13H9NO4/c15-13(10-5-2-1-3-6-10)18-12-8-4-7-11(9-12)14(16)17/h1-9H. The van der Waals surface area contributed by atoms with Gasteiger partial charge in [-0.1, -0.05) is 24.3 Å². The van der Waals surface area contributed by atoms with E-state index in [-0.39, 0.29) is 11.4 Å². The summed E-state index contributed by atoms with van der Waals surface area (Å²) < 4.78 is 5.05. The molecule has 90 valence electrons. The highest BCUT2D eigenvalue weighted by Gasteiger charge is 2.11. The van der Waals surface area contributed by atoms with Crippen LogP contribution >= 0.6 is 0 Å². The van der Waals surface area contributed by atoms with E-state index in [4.69, 9.17) is 4.74 Å². The number of rotatable bonds is 3. The number of benzene rings is 2. The van der Waals surface area contributed by atoms with Crippen molar-refractivity contribution in [2.75, 3.05) is 0 Å². The van der Waals surface area contributed by atoms with Crippen LogP contribution in [0.3, 0.4) is 0 Å². The Hall–Kier alpha value is -2.69. The smallest absolute Gasteiger partial charge is 0.343 e. The maximum Gasteiger partial charge on any atom is 0.343 e. The van der Waals surface area contributed by atoms with Crippen LogP contribution in [0.5, 0.6) is 5.75 Å². The van der Waals surface area contributed by atoms with E-state index < -0.39 is 10.9 Å². The number of nitrogens with zero attached hydrogens (tertiary/aromatic N) is 1. The summed E-state index contributed by atoms with van der Waals surface area (Å²) >= 11 is 0. The van der Waals surface area contributed by atoms with Gasteiger partial charge in [-0.3, -0.25) is 10.1 Å². The summed E-state index contributed by atoms with van der Waals surface area (Å²) in [5, 5.41) is 10.6. The minimum Gasteiger partial charge on any atom is -0.423 e. The second-order valence-electron chi connectivity index (χ2n) is 3.51. The molecule has 2 rings (SSSR count). The maximum atomic E-state index is 11.7. The molecular formula is C13H9NO4. The van der Waals surface area contributed by atoms with Crippen molar-refractivity contribution in [3.8, 4) is 5.75 Å². The Morgan fingerprint density at radius 2 is 1.78 bits per heavy atom. The van der Waals surface area contributed by atoms with Crippen molar-refractivity contribution in [2.45, 2.75) is 0 Å². The van der Waals surface area contributed by atoms with Crippen LogP contribution < -0.4 is 4.74 Å². The summed E-state index contributed by atoms with van der Waals surface area (Å²) in [4.78, 5) is 21.7. The lowest BCUT2D eigenvalue weighted by Gasteiger charge is -2.03.